The number of unbranched alkanes of at least 4 members (excludes halogenated alkanes) is 2. The van der Waals surface area contributed by atoms with Gasteiger partial charge >= 0.3 is 12.1 Å². The molecule has 132 valence electrons. The highest BCUT2D eigenvalue weighted by atomic mass is 16.6. The number of hydrogen-bond donors (Lipinski definition) is 3. The van der Waals surface area contributed by atoms with Crippen LogP contribution in [-0.2, 0) is 19.1 Å². The fraction of sp³-hybridized carbons (Fsp3) is 0.733. The van der Waals surface area contributed by atoms with Gasteiger partial charge in [0.25, 0.3) is 0 Å². The molecule has 8 nitrogen and oxygen atoms in total. The monoisotopic (exact) mass is 330 g/mol. The number of rotatable bonds is 6. The minimum atomic E-state index is -0.778. The van der Waals surface area contributed by atoms with Gasteiger partial charge in [0, 0.05) is 25.8 Å². The zero-order valence-corrected chi connectivity index (χ0v) is 13.9. The van der Waals surface area contributed by atoms with E-state index >= 15 is 0 Å². The first-order chi connectivity index (χ1) is 10.6. The topological polar surface area (TPSA) is 122 Å². The maximum absolute atomic E-state index is 11.2. The first kappa shape index (κ1) is 20.9. The van der Waals surface area contributed by atoms with Crippen molar-refractivity contribution in [3.63, 3.8) is 0 Å². The van der Waals surface area contributed by atoms with Gasteiger partial charge in [-0.05, 0) is 33.6 Å². The predicted molar refractivity (Wildman–Crippen MR) is 82.7 cm³/mol. The molecule has 0 unspecified atom stereocenters. The number of carboxylic acid groups (broad SMARTS) is 1. The number of nitrogens with one attached hydrogen (secondary N) is 2. The van der Waals surface area contributed by atoms with E-state index in [0.717, 1.165) is 12.8 Å². The normalized spacial score (nSPS) is 13.7. The van der Waals surface area contributed by atoms with Crippen LogP contribution >= 0.6 is 0 Å². The van der Waals surface area contributed by atoms with Gasteiger partial charge in [-0.2, -0.15) is 0 Å². The van der Waals surface area contributed by atoms with Crippen LogP contribution < -0.4 is 10.6 Å². The highest BCUT2D eigenvalue weighted by molar-refractivity contribution is 6.01. The summed E-state index contributed by atoms with van der Waals surface area (Å²) < 4.78 is 5.04. The van der Waals surface area contributed by atoms with E-state index in [9.17, 15) is 19.2 Å². The molecule has 0 aromatic carbocycles. The van der Waals surface area contributed by atoms with Crippen LogP contribution in [0, 0.1) is 0 Å². The van der Waals surface area contributed by atoms with Crippen molar-refractivity contribution in [2.24, 2.45) is 0 Å². The third-order valence-corrected chi connectivity index (χ3v) is 2.59. The molecule has 1 fully saturated rings. The van der Waals surface area contributed by atoms with Gasteiger partial charge in [0.05, 0.1) is 0 Å². The van der Waals surface area contributed by atoms with Gasteiger partial charge in [-0.1, -0.05) is 6.42 Å². The molecule has 0 spiro atoms. The van der Waals surface area contributed by atoms with Gasteiger partial charge in [-0.25, -0.2) is 4.79 Å². The van der Waals surface area contributed by atoms with Crippen molar-refractivity contribution in [1.29, 1.82) is 0 Å². The second-order valence-electron chi connectivity index (χ2n) is 6.10. The van der Waals surface area contributed by atoms with Gasteiger partial charge in [-0.3, -0.25) is 19.7 Å². The zero-order valence-electron chi connectivity index (χ0n) is 13.9. The van der Waals surface area contributed by atoms with E-state index in [4.69, 9.17) is 9.84 Å². The van der Waals surface area contributed by atoms with Crippen LogP contribution in [0.4, 0.5) is 4.79 Å². The molecule has 1 aliphatic rings. The summed E-state index contributed by atoms with van der Waals surface area (Å²) in [6.07, 6.45) is 2.72. The van der Waals surface area contributed by atoms with Crippen LogP contribution in [0.2, 0.25) is 0 Å². The molecule has 0 aromatic rings. The smallest absolute Gasteiger partial charge is 0.407 e. The van der Waals surface area contributed by atoms with Gasteiger partial charge in [0.15, 0.2) is 0 Å². The van der Waals surface area contributed by atoms with Crippen molar-refractivity contribution >= 4 is 23.9 Å². The lowest BCUT2D eigenvalue weighted by atomic mass is 10.2. The summed E-state index contributed by atoms with van der Waals surface area (Å²) in [5.41, 5.74) is -0.479. The van der Waals surface area contributed by atoms with Crippen LogP contribution in [0.1, 0.15) is 59.3 Å². The molecule has 1 saturated heterocycles. The fourth-order valence-electron chi connectivity index (χ4n) is 1.59. The summed E-state index contributed by atoms with van der Waals surface area (Å²) >= 11 is 0. The van der Waals surface area contributed by atoms with Gasteiger partial charge in [-0.15, -0.1) is 0 Å². The number of carbonyl (C=O) groups excluding carboxylic acids is 3. The van der Waals surface area contributed by atoms with E-state index in [0.29, 0.717) is 25.8 Å². The van der Waals surface area contributed by atoms with E-state index in [2.05, 4.69) is 10.6 Å². The molecule has 1 heterocycles. The molecule has 23 heavy (non-hydrogen) atoms. The van der Waals surface area contributed by atoms with Crippen molar-refractivity contribution in [3.8, 4) is 0 Å². The molecule has 0 bridgehead atoms. The fourth-order valence-corrected chi connectivity index (χ4v) is 1.59. The number of ether oxygens (including phenoxy) is 1. The van der Waals surface area contributed by atoms with Gasteiger partial charge in [0.2, 0.25) is 11.8 Å². The van der Waals surface area contributed by atoms with Crippen molar-refractivity contribution in [1.82, 2.24) is 10.6 Å². The molecular weight excluding hydrogens is 304 g/mol. The Bertz CT molecular complexity index is 414. The standard InChI is InChI=1S/C11H21NO4.C4H5NO2/c1-11(2,3)16-10(15)12-8-6-4-5-7-9(13)14;6-3-1-2-4(7)5-3/h4-8H2,1-3H3,(H,12,15)(H,13,14);1-2H2,(H,5,6,7). The lowest BCUT2D eigenvalue weighted by Gasteiger charge is -2.19. The number of aliphatic carboxylic acids is 1. The summed E-state index contributed by atoms with van der Waals surface area (Å²) in [6, 6.07) is 0. The van der Waals surface area contributed by atoms with E-state index in [-0.39, 0.29) is 18.2 Å². The molecule has 0 aliphatic carbocycles. The molecule has 0 atom stereocenters. The number of alkyl carbamates (subject to hydrolysis) is 1. The number of carbonyl (C=O) groups is 4. The Morgan fingerprint density at radius 1 is 1.13 bits per heavy atom. The summed E-state index contributed by atoms with van der Waals surface area (Å²) in [7, 11) is 0. The van der Waals surface area contributed by atoms with Crippen molar-refractivity contribution < 1.29 is 29.0 Å². The highest BCUT2D eigenvalue weighted by Gasteiger charge is 2.16. The molecule has 3 N–H and O–H groups in total. The number of amides is 3. The highest BCUT2D eigenvalue weighted by Crippen LogP contribution is 2.06. The van der Waals surface area contributed by atoms with Gasteiger partial charge < -0.3 is 15.2 Å². The Balaban J connectivity index is 0.000000568. The summed E-state index contributed by atoms with van der Waals surface area (Å²) in [5, 5.41) is 13.2. The van der Waals surface area contributed by atoms with Crippen LogP contribution in [0.3, 0.4) is 0 Å². The number of hydrogen-bond acceptors (Lipinski definition) is 5. The van der Waals surface area contributed by atoms with E-state index in [1.807, 2.05) is 0 Å². The second kappa shape index (κ2) is 10.6. The summed E-state index contributed by atoms with van der Waals surface area (Å²) in [6.45, 7) is 5.94. The minimum Gasteiger partial charge on any atom is -0.481 e. The zero-order chi connectivity index (χ0) is 17.9. The van der Waals surface area contributed by atoms with Crippen LogP contribution in [-0.4, -0.2) is 41.1 Å². The summed E-state index contributed by atoms with van der Waals surface area (Å²) in [4.78, 5) is 41.6. The van der Waals surface area contributed by atoms with Crippen LogP contribution in [0.5, 0.6) is 0 Å². The average molecular weight is 330 g/mol. The minimum absolute atomic E-state index is 0.148. The molecule has 0 radical (unpaired) electrons. The largest absolute Gasteiger partial charge is 0.481 e. The Hall–Kier alpha value is -2.12. The maximum Gasteiger partial charge on any atom is 0.407 e. The van der Waals surface area contributed by atoms with Crippen molar-refractivity contribution in [2.45, 2.75) is 64.9 Å². The molecule has 3 amide bonds. The van der Waals surface area contributed by atoms with Crippen LogP contribution in [0.15, 0.2) is 0 Å². The third kappa shape index (κ3) is 14.6. The quantitative estimate of drug-likeness (QED) is 0.502. The average Bonchev–Trinajstić information content (AvgIpc) is 2.75. The van der Waals surface area contributed by atoms with E-state index in [1.54, 1.807) is 20.8 Å². The third-order valence-electron chi connectivity index (χ3n) is 2.59. The maximum atomic E-state index is 11.2. The SMILES string of the molecule is CC(C)(C)OC(=O)NCCCCCC(=O)O.O=C1CCC(=O)N1. The van der Waals surface area contributed by atoms with Crippen molar-refractivity contribution in [2.75, 3.05) is 6.54 Å². The second-order valence-corrected chi connectivity index (χ2v) is 6.10. The molecule has 0 saturated carbocycles. The number of carboxylic acids is 1. The Kier molecular flexibility index (Phi) is 9.60. The summed E-state index contributed by atoms with van der Waals surface area (Å²) in [5.74, 6) is -1.07. The Morgan fingerprint density at radius 3 is 2.09 bits per heavy atom. The predicted octanol–water partition coefficient (Wildman–Crippen LogP) is 1.58. The number of imide groups is 1. The van der Waals surface area contributed by atoms with Crippen LogP contribution in [0.25, 0.3) is 0 Å². The van der Waals surface area contributed by atoms with E-state index < -0.39 is 17.7 Å². The Labute approximate surface area is 136 Å². The molecular formula is C15H26N2O6. The first-order valence-electron chi connectivity index (χ1n) is 7.61. The Morgan fingerprint density at radius 2 is 1.70 bits per heavy atom. The lowest BCUT2D eigenvalue weighted by molar-refractivity contribution is -0.137. The van der Waals surface area contributed by atoms with E-state index in [1.165, 1.54) is 0 Å². The van der Waals surface area contributed by atoms with Gasteiger partial charge in [0.1, 0.15) is 5.60 Å². The molecule has 1 rings (SSSR count). The van der Waals surface area contributed by atoms with Crippen molar-refractivity contribution in [3.05, 3.63) is 0 Å². The molecule has 1 aliphatic heterocycles. The molecule has 0 aromatic heterocycles. The first-order valence-corrected chi connectivity index (χ1v) is 7.61. The molecule has 8 heteroatoms. The lowest BCUT2D eigenvalue weighted by Crippen LogP contribution is -2.32.